The third-order valence-corrected chi connectivity index (χ3v) is 5.77. The Hall–Kier alpha value is -0.730. The Morgan fingerprint density at radius 1 is 0.947 bits per heavy atom. The van der Waals surface area contributed by atoms with Gasteiger partial charge in [0.05, 0.1) is 0 Å². The minimum absolute atomic E-state index is 0.0123. The molecule has 2 N–H and O–H groups in total. The Labute approximate surface area is 116 Å². The normalized spacial score (nSPS) is 41.4. The van der Waals surface area contributed by atoms with Gasteiger partial charge in [-0.15, -0.1) is 0 Å². The van der Waals surface area contributed by atoms with Crippen LogP contribution >= 0.6 is 0 Å². The molecule has 4 fully saturated rings. The number of urea groups is 1. The largest absolute Gasteiger partial charge is 0.336 e. The van der Waals surface area contributed by atoms with Crippen LogP contribution in [0.3, 0.4) is 0 Å². The first-order chi connectivity index (χ1) is 8.97. The van der Waals surface area contributed by atoms with Gasteiger partial charge in [-0.1, -0.05) is 0 Å². The van der Waals surface area contributed by atoms with Crippen LogP contribution in [0.15, 0.2) is 0 Å². The van der Waals surface area contributed by atoms with Crippen molar-refractivity contribution in [3.8, 4) is 0 Å². The van der Waals surface area contributed by atoms with Crippen molar-refractivity contribution in [2.24, 2.45) is 23.2 Å². The SMILES string of the molecule is CC(C)NC(=O)N[C@H](C)C12CC3CC(CC(C3)C1)C2. The molecule has 0 saturated heterocycles. The van der Waals surface area contributed by atoms with Gasteiger partial charge < -0.3 is 10.6 Å². The fourth-order valence-corrected chi connectivity index (χ4v) is 5.36. The molecule has 0 heterocycles. The Balaban J connectivity index is 1.66. The quantitative estimate of drug-likeness (QED) is 0.807. The fraction of sp³-hybridized carbons (Fsp3) is 0.938. The lowest BCUT2D eigenvalue weighted by Crippen LogP contribution is -2.57. The molecule has 0 aromatic heterocycles. The van der Waals surface area contributed by atoms with Crippen LogP contribution in [0.5, 0.6) is 0 Å². The second-order valence-electron chi connectivity index (χ2n) is 7.77. The molecule has 19 heavy (non-hydrogen) atoms. The van der Waals surface area contributed by atoms with Gasteiger partial charge in [0.2, 0.25) is 0 Å². The summed E-state index contributed by atoms with van der Waals surface area (Å²) in [6, 6.07) is 0.543. The first-order valence-corrected chi connectivity index (χ1v) is 8.04. The van der Waals surface area contributed by atoms with Crippen LogP contribution in [0.25, 0.3) is 0 Å². The standard InChI is InChI=1S/C16H28N2O/c1-10(2)17-15(19)18-11(3)16-7-12-4-13(8-16)6-14(5-12)9-16/h10-14H,4-9H2,1-3H3,(H2,17,18,19)/t11-,12?,13?,14?,16?/m1/s1. The van der Waals surface area contributed by atoms with E-state index in [2.05, 4.69) is 17.6 Å². The molecule has 108 valence electrons. The van der Waals surface area contributed by atoms with Gasteiger partial charge in [0.1, 0.15) is 0 Å². The van der Waals surface area contributed by atoms with Crippen LogP contribution in [-0.4, -0.2) is 18.1 Å². The summed E-state index contributed by atoms with van der Waals surface area (Å²) in [5.41, 5.74) is 0.406. The van der Waals surface area contributed by atoms with E-state index < -0.39 is 0 Å². The number of hydrogen-bond donors (Lipinski definition) is 2. The maximum Gasteiger partial charge on any atom is 0.315 e. The van der Waals surface area contributed by atoms with Gasteiger partial charge in [0.25, 0.3) is 0 Å². The number of rotatable bonds is 3. The highest BCUT2D eigenvalue weighted by molar-refractivity contribution is 5.74. The van der Waals surface area contributed by atoms with Crippen molar-refractivity contribution < 1.29 is 4.79 Å². The number of amides is 2. The number of nitrogens with one attached hydrogen (secondary N) is 2. The van der Waals surface area contributed by atoms with Gasteiger partial charge in [-0.25, -0.2) is 4.79 Å². The predicted octanol–water partition coefficient (Wildman–Crippen LogP) is 3.30. The molecule has 4 aliphatic rings. The van der Waals surface area contributed by atoms with Crippen molar-refractivity contribution in [3.05, 3.63) is 0 Å². The molecular weight excluding hydrogens is 236 g/mol. The van der Waals surface area contributed by atoms with Gasteiger partial charge in [-0.3, -0.25) is 0 Å². The molecule has 0 aliphatic heterocycles. The molecular formula is C16H28N2O. The molecule has 0 aromatic rings. The van der Waals surface area contributed by atoms with Crippen molar-refractivity contribution >= 4 is 6.03 Å². The molecule has 4 rings (SSSR count). The third-order valence-electron chi connectivity index (χ3n) is 5.77. The molecule has 0 radical (unpaired) electrons. The summed E-state index contributed by atoms with van der Waals surface area (Å²) in [6.45, 7) is 6.25. The van der Waals surface area contributed by atoms with Crippen molar-refractivity contribution in [1.82, 2.24) is 10.6 Å². The van der Waals surface area contributed by atoms with Gasteiger partial charge in [0.15, 0.2) is 0 Å². The van der Waals surface area contributed by atoms with E-state index >= 15 is 0 Å². The first kappa shape index (κ1) is 13.3. The van der Waals surface area contributed by atoms with E-state index in [0.29, 0.717) is 11.5 Å². The van der Waals surface area contributed by atoms with Crippen LogP contribution in [0.4, 0.5) is 4.79 Å². The van der Waals surface area contributed by atoms with Crippen molar-refractivity contribution in [2.75, 3.05) is 0 Å². The lowest BCUT2D eigenvalue weighted by Gasteiger charge is -2.59. The second kappa shape index (κ2) is 4.68. The molecule has 0 aromatic carbocycles. The minimum atomic E-state index is 0.0123. The van der Waals surface area contributed by atoms with E-state index in [1.807, 2.05) is 13.8 Å². The maximum absolute atomic E-state index is 11.9. The van der Waals surface area contributed by atoms with E-state index in [9.17, 15) is 4.79 Å². The molecule has 4 aliphatic carbocycles. The molecule has 3 heteroatoms. The van der Waals surface area contributed by atoms with Crippen LogP contribution in [0.1, 0.15) is 59.3 Å². The van der Waals surface area contributed by atoms with Crippen LogP contribution in [-0.2, 0) is 0 Å². The van der Waals surface area contributed by atoms with Crippen LogP contribution in [0, 0.1) is 23.2 Å². The summed E-state index contributed by atoms with van der Waals surface area (Å²) >= 11 is 0. The third kappa shape index (κ3) is 2.48. The lowest BCUT2D eigenvalue weighted by molar-refractivity contribution is -0.0682. The van der Waals surface area contributed by atoms with Crippen LogP contribution < -0.4 is 10.6 Å². The number of hydrogen-bond acceptors (Lipinski definition) is 1. The van der Waals surface area contributed by atoms with Gasteiger partial charge in [0, 0.05) is 12.1 Å². The zero-order chi connectivity index (χ0) is 13.6. The average molecular weight is 264 g/mol. The van der Waals surface area contributed by atoms with Crippen molar-refractivity contribution in [2.45, 2.75) is 71.4 Å². The Morgan fingerprint density at radius 3 is 1.84 bits per heavy atom. The molecule has 3 nitrogen and oxygen atoms in total. The maximum atomic E-state index is 11.9. The number of carbonyl (C=O) groups excluding carboxylic acids is 1. The van der Waals surface area contributed by atoms with Gasteiger partial charge in [-0.05, 0) is 82.5 Å². The lowest BCUT2D eigenvalue weighted by atomic mass is 9.48. The van der Waals surface area contributed by atoms with Crippen molar-refractivity contribution in [1.29, 1.82) is 0 Å². The Morgan fingerprint density at radius 2 is 1.42 bits per heavy atom. The predicted molar refractivity (Wildman–Crippen MR) is 76.9 cm³/mol. The fourth-order valence-electron chi connectivity index (χ4n) is 5.36. The van der Waals surface area contributed by atoms with E-state index in [4.69, 9.17) is 0 Å². The zero-order valence-electron chi connectivity index (χ0n) is 12.5. The van der Waals surface area contributed by atoms with Crippen molar-refractivity contribution in [3.63, 3.8) is 0 Å². The average Bonchev–Trinajstić information content (AvgIpc) is 2.25. The van der Waals surface area contributed by atoms with Crippen LogP contribution in [0.2, 0.25) is 0 Å². The first-order valence-electron chi connectivity index (χ1n) is 8.04. The Kier molecular flexibility index (Phi) is 3.26. The van der Waals surface area contributed by atoms with Gasteiger partial charge in [-0.2, -0.15) is 0 Å². The minimum Gasteiger partial charge on any atom is -0.336 e. The summed E-state index contributed by atoms with van der Waals surface area (Å²) in [6.07, 6.45) is 8.44. The second-order valence-corrected chi connectivity index (χ2v) is 7.77. The molecule has 4 bridgehead atoms. The van der Waals surface area contributed by atoms with E-state index in [-0.39, 0.29) is 12.1 Å². The highest BCUT2D eigenvalue weighted by atomic mass is 16.2. The summed E-state index contributed by atoms with van der Waals surface area (Å²) < 4.78 is 0. The molecule has 4 saturated carbocycles. The summed E-state index contributed by atoms with van der Waals surface area (Å²) in [5.74, 6) is 2.84. The van der Waals surface area contributed by atoms with E-state index in [0.717, 1.165) is 17.8 Å². The summed E-state index contributed by atoms with van der Waals surface area (Å²) in [4.78, 5) is 11.9. The highest BCUT2D eigenvalue weighted by Crippen LogP contribution is 2.61. The highest BCUT2D eigenvalue weighted by Gasteiger charge is 2.53. The summed E-state index contributed by atoms with van der Waals surface area (Å²) in [7, 11) is 0. The Bertz CT molecular complexity index is 328. The molecule has 0 unspecified atom stereocenters. The molecule has 0 spiro atoms. The van der Waals surface area contributed by atoms with Gasteiger partial charge >= 0.3 is 6.03 Å². The zero-order valence-corrected chi connectivity index (χ0v) is 12.5. The smallest absolute Gasteiger partial charge is 0.315 e. The molecule has 2 amide bonds. The monoisotopic (exact) mass is 264 g/mol. The molecule has 1 atom stereocenters. The van der Waals surface area contributed by atoms with E-state index in [1.165, 1.54) is 38.5 Å². The topological polar surface area (TPSA) is 41.1 Å². The number of carbonyl (C=O) groups is 1. The van der Waals surface area contributed by atoms with E-state index in [1.54, 1.807) is 0 Å². The summed E-state index contributed by atoms with van der Waals surface area (Å²) in [5, 5.41) is 6.17.